The molecule has 1 aromatic carbocycles. The number of hydrogen-bond acceptors (Lipinski definition) is 7. The van der Waals surface area contributed by atoms with Gasteiger partial charge in [-0.2, -0.15) is 5.10 Å². The Balaban J connectivity index is 0.00000306. The molecule has 1 saturated heterocycles. The van der Waals surface area contributed by atoms with E-state index >= 15 is 0 Å². The number of benzene rings is 1. The Kier molecular flexibility index (Phi) is 7.83. The first-order valence-electron chi connectivity index (χ1n) is 9.98. The van der Waals surface area contributed by atoms with Gasteiger partial charge in [0.2, 0.25) is 0 Å². The number of carbonyl (C=O) groups excluding carboxylic acids is 1. The molecule has 33 heavy (non-hydrogen) atoms. The molecular formula is C20H23ClF3N5O3S. The second-order valence-corrected chi connectivity index (χ2v) is 8.39. The van der Waals surface area contributed by atoms with Gasteiger partial charge in [-0.25, -0.2) is 4.98 Å². The fourth-order valence-corrected chi connectivity index (χ4v) is 4.52. The number of amides is 1. The van der Waals surface area contributed by atoms with Crippen LogP contribution in [0, 0.1) is 6.92 Å². The van der Waals surface area contributed by atoms with Gasteiger partial charge in [0.25, 0.3) is 5.91 Å². The third-order valence-corrected chi connectivity index (χ3v) is 6.06. The highest BCUT2D eigenvalue weighted by Crippen LogP contribution is 2.33. The van der Waals surface area contributed by atoms with Crippen LogP contribution in [0.5, 0.6) is 5.75 Å². The Bertz CT molecular complexity index is 1110. The lowest BCUT2D eigenvalue weighted by atomic mass is 10.3. The van der Waals surface area contributed by atoms with E-state index in [4.69, 9.17) is 4.74 Å². The number of anilines is 1. The van der Waals surface area contributed by atoms with Crippen molar-refractivity contribution in [1.29, 1.82) is 0 Å². The number of aromatic nitrogens is 3. The summed E-state index contributed by atoms with van der Waals surface area (Å²) < 4.78 is 49.1. The second kappa shape index (κ2) is 10.2. The molecule has 0 unspecified atom stereocenters. The van der Waals surface area contributed by atoms with E-state index in [9.17, 15) is 18.0 Å². The van der Waals surface area contributed by atoms with E-state index in [1.54, 1.807) is 24.9 Å². The molecule has 1 aliphatic heterocycles. The number of ether oxygens (including phenoxy) is 2. The van der Waals surface area contributed by atoms with Crippen molar-refractivity contribution in [3.05, 3.63) is 35.7 Å². The van der Waals surface area contributed by atoms with Crippen molar-refractivity contribution in [3.8, 4) is 5.75 Å². The summed E-state index contributed by atoms with van der Waals surface area (Å²) in [6.07, 6.45) is -4.78. The van der Waals surface area contributed by atoms with Crippen LogP contribution in [-0.2, 0) is 11.8 Å². The molecule has 1 aliphatic rings. The number of morpholine rings is 1. The van der Waals surface area contributed by atoms with E-state index in [0.29, 0.717) is 53.0 Å². The van der Waals surface area contributed by atoms with Crippen LogP contribution in [0.2, 0.25) is 0 Å². The van der Waals surface area contributed by atoms with Crippen molar-refractivity contribution in [2.24, 2.45) is 7.05 Å². The summed E-state index contributed by atoms with van der Waals surface area (Å²) in [6.45, 7) is 5.60. The Morgan fingerprint density at radius 3 is 2.64 bits per heavy atom. The maximum atomic E-state index is 13.4. The number of rotatable bonds is 6. The normalized spacial score (nSPS) is 14.8. The molecule has 0 radical (unpaired) electrons. The Morgan fingerprint density at radius 2 is 2.00 bits per heavy atom. The van der Waals surface area contributed by atoms with Gasteiger partial charge >= 0.3 is 6.36 Å². The predicted octanol–water partition coefficient (Wildman–Crippen LogP) is 3.64. The quantitative estimate of drug-likeness (QED) is 0.509. The van der Waals surface area contributed by atoms with Crippen molar-refractivity contribution >= 4 is 45.0 Å². The van der Waals surface area contributed by atoms with Crippen LogP contribution in [0.1, 0.15) is 16.2 Å². The minimum atomic E-state index is -4.78. The number of halogens is 4. The number of alkyl halides is 3. The lowest BCUT2D eigenvalue weighted by Gasteiger charge is -2.29. The second-order valence-electron chi connectivity index (χ2n) is 7.38. The standard InChI is InChI=1S/C20H22F3N5O3S.ClH/c1-13-11-16(26(2)25-13)18(29)28(6-5-27-7-9-30-10-8-27)19-24-15-4-3-14(12-17(15)32-19)31-20(21,22)23;/h3-4,11-12H,5-10H2,1-2H3;1H. The van der Waals surface area contributed by atoms with Gasteiger partial charge in [-0.15, -0.1) is 25.6 Å². The lowest BCUT2D eigenvalue weighted by Crippen LogP contribution is -2.43. The van der Waals surface area contributed by atoms with E-state index in [1.807, 2.05) is 0 Å². The summed E-state index contributed by atoms with van der Waals surface area (Å²) in [5.41, 5.74) is 1.61. The highest BCUT2D eigenvalue weighted by Gasteiger charge is 2.31. The molecule has 0 atom stereocenters. The largest absolute Gasteiger partial charge is 0.573 e. The van der Waals surface area contributed by atoms with Crippen LogP contribution in [0.3, 0.4) is 0 Å². The molecule has 8 nitrogen and oxygen atoms in total. The van der Waals surface area contributed by atoms with Gasteiger partial charge in [0.15, 0.2) is 5.13 Å². The van der Waals surface area contributed by atoms with Gasteiger partial charge < -0.3 is 9.47 Å². The van der Waals surface area contributed by atoms with E-state index in [-0.39, 0.29) is 24.1 Å². The van der Waals surface area contributed by atoms with E-state index < -0.39 is 6.36 Å². The van der Waals surface area contributed by atoms with Gasteiger partial charge in [-0.05, 0) is 25.1 Å². The first-order chi connectivity index (χ1) is 15.2. The summed E-state index contributed by atoms with van der Waals surface area (Å²) in [7, 11) is 1.69. The number of aryl methyl sites for hydroxylation is 2. The van der Waals surface area contributed by atoms with E-state index in [2.05, 4.69) is 19.7 Å². The fourth-order valence-electron chi connectivity index (χ4n) is 3.50. The fraction of sp³-hybridized carbons (Fsp3) is 0.450. The third-order valence-electron chi connectivity index (χ3n) is 5.02. The van der Waals surface area contributed by atoms with Gasteiger partial charge in [0.05, 0.1) is 29.1 Å². The van der Waals surface area contributed by atoms with Crippen LogP contribution >= 0.6 is 23.7 Å². The summed E-state index contributed by atoms with van der Waals surface area (Å²) in [5, 5.41) is 4.65. The van der Waals surface area contributed by atoms with Gasteiger partial charge in [-0.1, -0.05) is 11.3 Å². The lowest BCUT2D eigenvalue weighted by molar-refractivity contribution is -0.274. The smallest absolute Gasteiger partial charge is 0.406 e. The molecule has 0 N–H and O–H groups in total. The molecule has 0 bridgehead atoms. The SMILES string of the molecule is Cc1cc(C(=O)N(CCN2CCOCC2)c2nc3ccc(OC(F)(F)F)cc3s2)n(C)n1.Cl. The molecule has 1 fully saturated rings. The van der Waals surface area contributed by atoms with Crippen molar-refractivity contribution in [2.45, 2.75) is 13.3 Å². The molecule has 4 rings (SSSR count). The number of fused-ring (bicyclic) bond motifs is 1. The maximum Gasteiger partial charge on any atom is 0.573 e. The number of nitrogens with zero attached hydrogens (tertiary/aromatic N) is 5. The van der Waals surface area contributed by atoms with Gasteiger partial charge in [0.1, 0.15) is 11.4 Å². The molecular weight excluding hydrogens is 483 g/mol. The van der Waals surface area contributed by atoms with Crippen molar-refractivity contribution in [1.82, 2.24) is 19.7 Å². The molecule has 180 valence electrons. The highest BCUT2D eigenvalue weighted by molar-refractivity contribution is 7.22. The number of hydrogen-bond donors (Lipinski definition) is 0. The van der Waals surface area contributed by atoms with Gasteiger partial charge in [-0.3, -0.25) is 19.3 Å². The van der Waals surface area contributed by atoms with Crippen molar-refractivity contribution in [2.75, 3.05) is 44.3 Å². The topological polar surface area (TPSA) is 72.7 Å². The molecule has 3 heterocycles. The summed E-state index contributed by atoms with van der Waals surface area (Å²) >= 11 is 1.14. The Labute approximate surface area is 198 Å². The monoisotopic (exact) mass is 505 g/mol. The molecule has 0 aliphatic carbocycles. The molecule has 0 spiro atoms. The zero-order chi connectivity index (χ0) is 22.9. The van der Waals surface area contributed by atoms with Crippen LogP contribution in [-0.4, -0.2) is 71.3 Å². The minimum Gasteiger partial charge on any atom is -0.406 e. The van der Waals surface area contributed by atoms with Crippen molar-refractivity contribution < 1.29 is 27.4 Å². The first kappa shape index (κ1) is 25.2. The molecule has 0 saturated carbocycles. The Hall–Kier alpha value is -2.41. The maximum absolute atomic E-state index is 13.4. The molecule has 1 amide bonds. The van der Waals surface area contributed by atoms with Crippen LogP contribution in [0.4, 0.5) is 18.3 Å². The minimum absolute atomic E-state index is 0. The van der Waals surface area contributed by atoms with E-state index in [0.717, 1.165) is 24.4 Å². The summed E-state index contributed by atoms with van der Waals surface area (Å²) in [5.74, 6) is -0.596. The average molecular weight is 506 g/mol. The van der Waals surface area contributed by atoms with Crippen LogP contribution in [0.15, 0.2) is 24.3 Å². The van der Waals surface area contributed by atoms with Crippen LogP contribution < -0.4 is 9.64 Å². The average Bonchev–Trinajstić information content (AvgIpc) is 3.29. The van der Waals surface area contributed by atoms with Gasteiger partial charge in [0, 0.05) is 39.3 Å². The predicted molar refractivity (Wildman–Crippen MR) is 120 cm³/mol. The molecule has 2 aromatic heterocycles. The Morgan fingerprint density at radius 1 is 1.27 bits per heavy atom. The van der Waals surface area contributed by atoms with Crippen LogP contribution in [0.25, 0.3) is 10.2 Å². The number of carbonyl (C=O) groups is 1. The molecule has 3 aromatic rings. The highest BCUT2D eigenvalue weighted by atomic mass is 35.5. The zero-order valence-electron chi connectivity index (χ0n) is 18.0. The third kappa shape index (κ3) is 6.14. The summed E-state index contributed by atoms with van der Waals surface area (Å²) in [4.78, 5) is 21.7. The summed E-state index contributed by atoms with van der Waals surface area (Å²) in [6, 6.07) is 5.65. The first-order valence-corrected chi connectivity index (χ1v) is 10.8. The zero-order valence-corrected chi connectivity index (χ0v) is 19.6. The molecule has 13 heteroatoms. The van der Waals surface area contributed by atoms with E-state index in [1.165, 1.54) is 22.9 Å². The number of thiazole rings is 1. The van der Waals surface area contributed by atoms with Crippen molar-refractivity contribution in [3.63, 3.8) is 0 Å².